The molecule has 0 saturated carbocycles. The summed E-state index contributed by atoms with van der Waals surface area (Å²) in [7, 11) is 0. The van der Waals surface area contributed by atoms with Crippen molar-refractivity contribution in [2.75, 3.05) is 0 Å². The Balaban J connectivity index is 2.92. The molecule has 0 spiro atoms. The van der Waals surface area contributed by atoms with E-state index in [1.807, 2.05) is 6.07 Å². The van der Waals surface area contributed by atoms with Gasteiger partial charge in [-0.1, -0.05) is 37.6 Å². The van der Waals surface area contributed by atoms with Crippen LogP contribution >= 0.6 is 11.6 Å². The van der Waals surface area contributed by atoms with Crippen molar-refractivity contribution in [3.8, 4) is 0 Å². The zero-order valence-electron chi connectivity index (χ0n) is 7.27. The van der Waals surface area contributed by atoms with E-state index in [0.29, 0.717) is 5.92 Å². The maximum absolute atomic E-state index is 12.9. The van der Waals surface area contributed by atoms with Crippen LogP contribution in [0.25, 0.3) is 0 Å². The minimum Gasteiger partial charge on any atom is -0.205 e. The molecule has 2 heteroatoms. The highest BCUT2D eigenvalue weighted by molar-refractivity contribution is 6.31. The number of halogens is 2. The first-order chi connectivity index (χ1) is 5.61. The molecule has 0 heterocycles. The van der Waals surface area contributed by atoms with Gasteiger partial charge in [-0.15, -0.1) is 0 Å². The van der Waals surface area contributed by atoms with Gasteiger partial charge in [0.05, 0.1) is 5.02 Å². The molecule has 0 fully saturated rings. The Bertz CT molecular complexity index is 269. The lowest BCUT2D eigenvalue weighted by molar-refractivity contribution is 0.613. The van der Waals surface area contributed by atoms with Crippen LogP contribution in [-0.4, -0.2) is 0 Å². The molecular weight excluding hydrogens is 175 g/mol. The van der Waals surface area contributed by atoms with Crippen molar-refractivity contribution < 1.29 is 4.39 Å². The first kappa shape index (κ1) is 9.53. The van der Waals surface area contributed by atoms with Gasteiger partial charge in [0.25, 0.3) is 0 Å². The lowest BCUT2D eigenvalue weighted by Crippen LogP contribution is -1.95. The molecule has 66 valence electrons. The summed E-state index contributed by atoms with van der Waals surface area (Å²) in [6.45, 7) is 4.17. The van der Waals surface area contributed by atoms with E-state index in [9.17, 15) is 4.39 Å². The molecular formula is C10H12ClF. The largest absolute Gasteiger partial charge is 0.205 e. The predicted octanol–water partition coefficient (Wildman–Crippen LogP) is 3.68. The molecule has 0 amide bonds. The van der Waals surface area contributed by atoms with Gasteiger partial charge in [-0.2, -0.15) is 0 Å². The van der Waals surface area contributed by atoms with Crippen molar-refractivity contribution in [1.82, 2.24) is 0 Å². The molecule has 0 unspecified atom stereocenters. The van der Waals surface area contributed by atoms with Crippen molar-refractivity contribution in [3.05, 3.63) is 34.6 Å². The first-order valence-electron chi connectivity index (χ1n) is 4.04. The summed E-state index contributed by atoms with van der Waals surface area (Å²) in [5.41, 5.74) is 0.895. The van der Waals surface area contributed by atoms with Gasteiger partial charge in [-0.3, -0.25) is 0 Å². The lowest BCUT2D eigenvalue weighted by atomic mass is 10.0. The molecule has 12 heavy (non-hydrogen) atoms. The Morgan fingerprint density at radius 2 is 2.08 bits per heavy atom. The van der Waals surface area contributed by atoms with Crippen LogP contribution in [0.15, 0.2) is 18.2 Å². The summed E-state index contributed by atoms with van der Waals surface area (Å²) in [5.74, 6) is 0.180. The summed E-state index contributed by atoms with van der Waals surface area (Å²) >= 11 is 5.76. The molecule has 0 atom stereocenters. The van der Waals surface area contributed by atoms with Gasteiger partial charge >= 0.3 is 0 Å². The minimum atomic E-state index is -0.324. The van der Waals surface area contributed by atoms with Crippen LogP contribution in [0.5, 0.6) is 0 Å². The highest BCUT2D eigenvalue weighted by Crippen LogP contribution is 2.21. The molecule has 1 rings (SSSR count). The van der Waals surface area contributed by atoms with Gasteiger partial charge in [0.2, 0.25) is 0 Å². The normalized spacial score (nSPS) is 10.8. The second kappa shape index (κ2) is 3.90. The van der Waals surface area contributed by atoms with Gasteiger partial charge in [0.15, 0.2) is 0 Å². The van der Waals surface area contributed by atoms with E-state index in [0.717, 1.165) is 12.0 Å². The van der Waals surface area contributed by atoms with Crippen LogP contribution in [0.2, 0.25) is 5.02 Å². The van der Waals surface area contributed by atoms with E-state index in [1.165, 1.54) is 6.07 Å². The van der Waals surface area contributed by atoms with E-state index in [2.05, 4.69) is 13.8 Å². The molecule has 0 aliphatic heterocycles. The molecule has 1 aromatic rings. The number of hydrogen-bond donors (Lipinski definition) is 0. The average Bonchev–Trinajstić information content (AvgIpc) is 1.98. The third-order valence-corrected chi connectivity index (χ3v) is 2.08. The Morgan fingerprint density at radius 1 is 1.42 bits per heavy atom. The summed E-state index contributed by atoms with van der Waals surface area (Å²) in [4.78, 5) is 0. The Morgan fingerprint density at radius 3 is 2.67 bits per heavy atom. The van der Waals surface area contributed by atoms with E-state index < -0.39 is 0 Å². The summed E-state index contributed by atoms with van der Waals surface area (Å²) < 4.78 is 12.9. The minimum absolute atomic E-state index is 0.270. The standard InChI is InChI=1S/C10H12ClF/c1-7(2)6-8-4-3-5-9(12)10(8)11/h3-5,7H,6H2,1-2H3. The van der Waals surface area contributed by atoms with Crippen molar-refractivity contribution >= 4 is 11.6 Å². The number of benzene rings is 1. The third-order valence-electron chi connectivity index (χ3n) is 1.66. The molecule has 1 aromatic carbocycles. The fraction of sp³-hybridized carbons (Fsp3) is 0.400. The van der Waals surface area contributed by atoms with Gasteiger partial charge < -0.3 is 0 Å². The first-order valence-corrected chi connectivity index (χ1v) is 4.42. The molecule has 0 radical (unpaired) electrons. The molecule has 0 aliphatic rings. The molecule has 0 nitrogen and oxygen atoms in total. The highest BCUT2D eigenvalue weighted by atomic mass is 35.5. The van der Waals surface area contributed by atoms with Gasteiger partial charge in [-0.05, 0) is 24.0 Å². The fourth-order valence-corrected chi connectivity index (χ4v) is 1.35. The second-order valence-electron chi connectivity index (χ2n) is 3.31. The highest BCUT2D eigenvalue weighted by Gasteiger charge is 2.06. The van der Waals surface area contributed by atoms with Crippen LogP contribution in [0, 0.1) is 11.7 Å². The van der Waals surface area contributed by atoms with Crippen molar-refractivity contribution in [2.45, 2.75) is 20.3 Å². The topological polar surface area (TPSA) is 0 Å². The average molecular weight is 187 g/mol. The Kier molecular flexibility index (Phi) is 3.10. The lowest BCUT2D eigenvalue weighted by Gasteiger charge is -2.06. The number of rotatable bonds is 2. The van der Waals surface area contributed by atoms with E-state index >= 15 is 0 Å². The van der Waals surface area contributed by atoms with Crippen molar-refractivity contribution in [3.63, 3.8) is 0 Å². The zero-order valence-corrected chi connectivity index (χ0v) is 8.03. The van der Waals surface area contributed by atoms with Crippen LogP contribution in [0.3, 0.4) is 0 Å². The smallest absolute Gasteiger partial charge is 0.142 e. The van der Waals surface area contributed by atoms with Crippen molar-refractivity contribution in [2.24, 2.45) is 5.92 Å². The molecule has 0 bridgehead atoms. The zero-order chi connectivity index (χ0) is 9.14. The Labute approximate surface area is 77.4 Å². The summed E-state index contributed by atoms with van der Waals surface area (Å²) in [6.07, 6.45) is 0.830. The Hall–Kier alpha value is -0.560. The second-order valence-corrected chi connectivity index (χ2v) is 3.69. The molecule has 0 saturated heterocycles. The SMILES string of the molecule is CC(C)Cc1cccc(F)c1Cl. The van der Waals surface area contributed by atoms with Gasteiger partial charge in [0, 0.05) is 0 Å². The third kappa shape index (κ3) is 2.21. The fourth-order valence-electron chi connectivity index (χ4n) is 1.15. The molecule has 0 aromatic heterocycles. The van der Waals surface area contributed by atoms with Crippen molar-refractivity contribution in [1.29, 1.82) is 0 Å². The van der Waals surface area contributed by atoms with E-state index in [4.69, 9.17) is 11.6 Å². The van der Waals surface area contributed by atoms with Crippen LogP contribution in [-0.2, 0) is 6.42 Å². The predicted molar refractivity (Wildman–Crippen MR) is 50.0 cm³/mol. The van der Waals surface area contributed by atoms with E-state index in [-0.39, 0.29) is 10.8 Å². The summed E-state index contributed by atoms with van der Waals surface area (Å²) in [5, 5.41) is 0.270. The maximum Gasteiger partial charge on any atom is 0.142 e. The summed E-state index contributed by atoms with van der Waals surface area (Å²) in [6, 6.07) is 4.94. The van der Waals surface area contributed by atoms with Gasteiger partial charge in [-0.25, -0.2) is 4.39 Å². The van der Waals surface area contributed by atoms with Crippen LogP contribution in [0.4, 0.5) is 4.39 Å². The van der Waals surface area contributed by atoms with E-state index in [1.54, 1.807) is 6.07 Å². The number of hydrogen-bond acceptors (Lipinski definition) is 0. The van der Waals surface area contributed by atoms with Crippen LogP contribution in [0.1, 0.15) is 19.4 Å². The molecule has 0 aliphatic carbocycles. The van der Waals surface area contributed by atoms with Gasteiger partial charge in [0.1, 0.15) is 5.82 Å². The quantitative estimate of drug-likeness (QED) is 0.661. The maximum atomic E-state index is 12.9. The van der Waals surface area contributed by atoms with Crippen LogP contribution < -0.4 is 0 Å². The monoisotopic (exact) mass is 186 g/mol. The molecule has 0 N–H and O–H groups in total.